The van der Waals surface area contributed by atoms with E-state index in [2.05, 4.69) is 10.3 Å². The summed E-state index contributed by atoms with van der Waals surface area (Å²) in [5.41, 5.74) is -0.369. The highest BCUT2D eigenvalue weighted by molar-refractivity contribution is 6.02. The van der Waals surface area contributed by atoms with Gasteiger partial charge in [-0.1, -0.05) is 6.07 Å². The number of rotatable bonds is 3. The SMILES string of the molecule is O=C(Nc1ccc2[nH]c(C(F)(F)F)cc2c1)C1(c2ccc(O)c(O)c2)CC1. The average molecular weight is 376 g/mol. The molecule has 5 nitrogen and oxygen atoms in total. The third kappa shape index (κ3) is 2.97. The molecule has 0 aliphatic heterocycles. The molecule has 8 heteroatoms. The van der Waals surface area contributed by atoms with Gasteiger partial charge in [-0.2, -0.15) is 13.2 Å². The largest absolute Gasteiger partial charge is 0.504 e. The second kappa shape index (κ2) is 5.67. The van der Waals surface area contributed by atoms with Crippen molar-refractivity contribution in [3.05, 3.63) is 53.7 Å². The summed E-state index contributed by atoms with van der Waals surface area (Å²) in [5, 5.41) is 22.2. The Kier molecular flexibility index (Phi) is 3.62. The van der Waals surface area contributed by atoms with Crippen molar-refractivity contribution in [2.24, 2.45) is 0 Å². The van der Waals surface area contributed by atoms with Crippen molar-refractivity contribution in [2.75, 3.05) is 5.32 Å². The highest BCUT2D eigenvalue weighted by atomic mass is 19.4. The number of benzene rings is 2. The number of phenols is 2. The number of aromatic amines is 1. The summed E-state index contributed by atoms with van der Waals surface area (Å²) in [7, 11) is 0. The van der Waals surface area contributed by atoms with E-state index in [1.54, 1.807) is 6.07 Å². The van der Waals surface area contributed by atoms with Crippen LogP contribution in [0.2, 0.25) is 0 Å². The summed E-state index contributed by atoms with van der Waals surface area (Å²) >= 11 is 0. The van der Waals surface area contributed by atoms with Crippen LogP contribution in [0.4, 0.5) is 18.9 Å². The van der Waals surface area contributed by atoms with E-state index in [1.165, 1.54) is 30.3 Å². The van der Waals surface area contributed by atoms with Crippen molar-refractivity contribution in [3.63, 3.8) is 0 Å². The predicted molar refractivity (Wildman–Crippen MR) is 92.6 cm³/mol. The number of phenolic OH excluding ortho intramolecular Hbond substituents is 2. The molecule has 1 heterocycles. The van der Waals surface area contributed by atoms with Crippen LogP contribution >= 0.6 is 0 Å². The van der Waals surface area contributed by atoms with Gasteiger partial charge >= 0.3 is 6.18 Å². The van der Waals surface area contributed by atoms with E-state index in [0.717, 1.165) is 6.07 Å². The van der Waals surface area contributed by atoms with E-state index in [9.17, 15) is 28.2 Å². The Labute approximate surface area is 151 Å². The minimum atomic E-state index is -4.47. The molecule has 27 heavy (non-hydrogen) atoms. The minimum absolute atomic E-state index is 0.270. The Bertz CT molecular complexity index is 1050. The van der Waals surface area contributed by atoms with Gasteiger partial charge in [-0.15, -0.1) is 0 Å². The van der Waals surface area contributed by atoms with Crippen LogP contribution in [0.3, 0.4) is 0 Å². The van der Waals surface area contributed by atoms with Crippen LogP contribution in [0.15, 0.2) is 42.5 Å². The van der Waals surface area contributed by atoms with Crippen molar-refractivity contribution in [2.45, 2.75) is 24.4 Å². The molecule has 0 spiro atoms. The van der Waals surface area contributed by atoms with Crippen LogP contribution in [0.25, 0.3) is 10.9 Å². The van der Waals surface area contributed by atoms with E-state index in [1.807, 2.05) is 0 Å². The minimum Gasteiger partial charge on any atom is -0.504 e. The van der Waals surface area contributed by atoms with Crippen molar-refractivity contribution < 1.29 is 28.2 Å². The Balaban J connectivity index is 1.60. The summed E-state index contributed by atoms with van der Waals surface area (Å²) in [5.74, 6) is -0.883. The topological polar surface area (TPSA) is 85.4 Å². The molecule has 0 unspecified atom stereocenters. The second-order valence-electron chi connectivity index (χ2n) is 6.72. The number of alkyl halides is 3. The zero-order valence-corrected chi connectivity index (χ0v) is 13.9. The van der Waals surface area contributed by atoms with Gasteiger partial charge in [-0.3, -0.25) is 4.79 Å². The van der Waals surface area contributed by atoms with Gasteiger partial charge in [0.05, 0.1) is 5.41 Å². The van der Waals surface area contributed by atoms with Crippen LogP contribution in [0.5, 0.6) is 11.5 Å². The van der Waals surface area contributed by atoms with E-state index in [4.69, 9.17) is 0 Å². The van der Waals surface area contributed by atoms with Gasteiger partial charge in [0.1, 0.15) is 5.69 Å². The van der Waals surface area contributed by atoms with Crippen molar-refractivity contribution in [1.82, 2.24) is 4.98 Å². The maximum Gasteiger partial charge on any atom is 0.431 e. The molecular weight excluding hydrogens is 361 g/mol. The molecule has 1 aromatic heterocycles. The first kappa shape index (κ1) is 17.3. The smallest absolute Gasteiger partial charge is 0.431 e. The van der Waals surface area contributed by atoms with Gasteiger partial charge in [-0.25, -0.2) is 0 Å². The number of aromatic nitrogens is 1. The highest BCUT2D eigenvalue weighted by Crippen LogP contribution is 2.50. The number of carbonyl (C=O) groups is 1. The Hall–Kier alpha value is -3.16. The molecular formula is C19H15F3N2O3. The number of anilines is 1. The molecule has 0 bridgehead atoms. The number of aromatic hydroxyl groups is 2. The van der Waals surface area contributed by atoms with E-state index in [0.29, 0.717) is 35.0 Å². The fraction of sp³-hybridized carbons (Fsp3) is 0.211. The molecule has 1 saturated carbocycles. The summed E-state index contributed by atoms with van der Waals surface area (Å²) < 4.78 is 38.4. The van der Waals surface area contributed by atoms with E-state index >= 15 is 0 Å². The summed E-state index contributed by atoms with van der Waals surface area (Å²) in [6.07, 6.45) is -3.32. The Morgan fingerprint density at radius 2 is 1.78 bits per heavy atom. The lowest BCUT2D eigenvalue weighted by molar-refractivity contribution is -0.140. The molecule has 0 radical (unpaired) electrons. The molecule has 0 saturated heterocycles. The third-order valence-electron chi connectivity index (χ3n) is 4.90. The monoisotopic (exact) mass is 376 g/mol. The molecule has 0 atom stereocenters. The first-order valence-electron chi connectivity index (χ1n) is 8.23. The number of halogens is 3. The van der Waals surface area contributed by atoms with Gasteiger partial charge in [0, 0.05) is 16.6 Å². The highest BCUT2D eigenvalue weighted by Gasteiger charge is 2.51. The molecule has 1 amide bonds. The van der Waals surface area contributed by atoms with Crippen LogP contribution in [0.1, 0.15) is 24.1 Å². The fourth-order valence-corrected chi connectivity index (χ4v) is 3.21. The number of nitrogens with one attached hydrogen (secondary N) is 2. The molecule has 3 aromatic rings. The van der Waals surface area contributed by atoms with E-state index < -0.39 is 17.3 Å². The lowest BCUT2D eigenvalue weighted by Crippen LogP contribution is -2.27. The zero-order chi connectivity index (χ0) is 19.4. The Morgan fingerprint density at radius 1 is 1.04 bits per heavy atom. The zero-order valence-electron chi connectivity index (χ0n) is 13.9. The molecule has 140 valence electrons. The molecule has 4 N–H and O–H groups in total. The number of fused-ring (bicyclic) bond motifs is 1. The van der Waals surface area contributed by atoms with Crippen LogP contribution in [-0.4, -0.2) is 21.1 Å². The van der Waals surface area contributed by atoms with Crippen molar-refractivity contribution in [1.29, 1.82) is 0 Å². The summed E-state index contributed by atoms with van der Waals surface area (Å²) in [6, 6.07) is 9.73. The summed E-state index contributed by atoms with van der Waals surface area (Å²) in [4.78, 5) is 15.1. The predicted octanol–water partition coefficient (Wildman–Crippen LogP) is 4.27. The van der Waals surface area contributed by atoms with E-state index in [-0.39, 0.29) is 17.4 Å². The van der Waals surface area contributed by atoms with Gasteiger partial charge in [0.15, 0.2) is 11.5 Å². The number of carbonyl (C=O) groups excluding carboxylic acids is 1. The Morgan fingerprint density at radius 3 is 2.41 bits per heavy atom. The quantitative estimate of drug-likeness (QED) is 0.515. The maximum absolute atomic E-state index is 12.8. The standard InChI is InChI=1S/C19H15F3N2O3/c20-19(21,22)16-8-10-7-12(2-3-13(10)24-16)23-17(27)18(5-6-18)11-1-4-14(25)15(26)9-11/h1-4,7-9,24-26H,5-6H2,(H,23,27). The normalized spacial score (nSPS) is 15.7. The van der Waals surface area contributed by atoms with Gasteiger partial charge in [0.2, 0.25) is 5.91 Å². The second-order valence-corrected chi connectivity index (χ2v) is 6.72. The lowest BCUT2D eigenvalue weighted by Gasteiger charge is -2.16. The number of H-pyrrole nitrogens is 1. The molecule has 1 fully saturated rings. The average Bonchev–Trinajstić information content (AvgIpc) is 3.29. The molecule has 4 rings (SSSR count). The van der Waals surface area contributed by atoms with Crippen LogP contribution in [0, 0.1) is 0 Å². The molecule has 2 aromatic carbocycles. The van der Waals surface area contributed by atoms with Gasteiger partial charge in [0.25, 0.3) is 0 Å². The number of amides is 1. The molecule has 1 aliphatic carbocycles. The third-order valence-corrected chi connectivity index (χ3v) is 4.90. The first-order valence-corrected chi connectivity index (χ1v) is 8.23. The van der Waals surface area contributed by atoms with Crippen LogP contribution < -0.4 is 5.32 Å². The maximum atomic E-state index is 12.8. The van der Waals surface area contributed by atoms with Gasteiger partial charge in [-0.05, 0) is 54.8 Å². The van der Waals surface area contributed by atoms with Crippen molar-refractivity contribution >= 4 is 22.5 Å². The van der Waals surface area contributed by atoms with Gasteiger partial charge < -0.3 is 20.5 Å². The number of hydrogen-bond donors (Lipinski definition) is 4. The first-order chi connectivity index (χ1) is 12.7. The fourth-order valence-electron chi connectivity index (χ4n) is 3.21. The van der Waals surface area contributed by atoms with Crippen LogP contribution in [-0.2, 0) is 16.4 Å². The summed E-state index contributed by atoms with van der Waals surface area (Å²) in [6.45, 7) is 0. The number of hydrogen-bond acceptors (Lipinski definition) is 3. The lowest BCUT2D eigenvalue weighted by atomic mass is 9.94. The molecule has 1 aliphatic rings. The van der Waals surface area contributed by atoms with Crippen molar-refractivity contribution in [3.8, 4) is 11.5 Å².